The molecule has 64 valence electrons. The van der Waals surface area contributed by atoms with Gasteiger partial charge in [-0.05, 0) is 0 Å². The monoisotopic (exact) mass is 192 g/mol. The lowest BCUT2D eigenvalue weighted by molar-refractivity contribution is 0.853. The summed E-state index contributed by atoms with van der Waals surface area (Å²) in [7, 11) is 1.89. The molecule has 1 N–H and O–H groups in total. The summed E-state index contributed by atoms with van der Waals surface area (Å²) < 4.78 is 0. The van der Waals surface area contributed by atoms with Gasteiger partial charge in [0.05, 0.1) is 5.01 Å². The first-order chi connectivity index (χ1) is 4.74. The van der Waals surface area contributed by atoms with Gasteiger partial charge in [0.1, 0.15) is 5.82 Å². The summed E-state index contributed by atoms with van der Waals surface area (Å²) in [5, 5.41) is 6.24. The van der Waals surface area contributed by atoms with E-state index in [4.69, 9.17) is 0 Å². The molecule has 0 atom stereocenters. The topological polar surface area (TPSA) is 24.9 Å². The van der Waals surface area contributed by atoms with Crippen LogP contribution in [0.5, 0.6) is 0 Å². The molecule has 0 aliphatic carbocycles. The highest BCUT2D eigenvalue weighted by molar-refractivity contribution is 7.10. The average molecular weight is 193 g/mol. The van der Waals surface area contributed by atoms with Gasteiger partial charge in [0.2, 0.25) is 0 Å². The van der Waals surface area contributed by atoms with Crippen molar-refractivity contribution >= 4 is 29.6 Å². The van der Waals surface area contributed by atoms with Gasteiger partial charge in [-0.15, -0.1) is 23.7 Å². The molecule has 4 heteroatoms. The van der Waals surface area contributed by atoms with Gasteiger partial charge in [-0.2, -0.15) is 0 Å². The Hall–Kier alpha value is -0.280. The molecule has 0 bridgehead atoms. The first-order valence-corrected chi connectivity index (χ1v) is 4.25. The van der Waals surface area contributed by atoms with Crippen LogP contribution in [0.4, 0.5) is 5.82 Å². The van der Waals surface area contributed by atoms with Crippen LogP contribution in [0.2, 0.25) is 0 Å². The van der Waals surface area contributed by atoms with Crippen LogP contribution in [-0.2, 0) is 0 Å². The van der Waals surface area contributed by atoms with Crippen molar-refractivity contribution in [3.8, 4) is 0 Å². The van der Waals surface area contributed by atoms with Gasteiger partial charge >= 0.3 is 0 Å². The number of nitrogens with zero attached hydrogens (tertiary/aromatic N) is 1. The van der Waals surface area contributed by atoms with Crippen molar-refractivity contribution in [3.63, 3.8) is 0 Å². The summed E-state index contributed by atoms with van der Waals surface area (Å²) >= 11 is 1.71. The maximum Gasteiger partial charge on any atom is 0.137 e. The lowest BCUT2D eigenvalue weighted by Gasteiger charge is -1.95. The zero-order valence-electron chi connectivity index (χ0n) is 6.92. The number of nitrogens with one attached hydrogen (secondary N) is 1. The van der Waals surface area contributed by atoms with Crippen molar-refractivity contribution in [2.75, 3.05) is 12.4 Å². The Labute approximate surface area is 77.5 Å². The number of hydrogen-bond acceptors (Lipinski definition) is 3. The summed E-state index contributed by atoms with van der Waals surface area (Å²) in [5.74, 6) is 1.53. The standard InChI is InChI=1S/C7H12N2S.ClH/c1-5(2)7-9-6(8-3)4-10-7;/h4-5,8H,1-3H3;1H. The molecule has 0 saturated heterocycles. The maximum atomic E-state index is 4.34. The Morgan fingerprint density at radius 2 is 2.18 bits per heavy atom. The molecule has 0 amide bonds. The zero-order chi connectivity index (χ0) is 7.56. The Morgan fingerprint density at radius 3 is 2.45 bits per heavy atom. The molecule has 0 fully saturated rings. The van der Waals surface area contributed by atoms with Crippen LogP contribution in [0.1, 0.15) is 24.8 Å². The minimum Gasteiger partial charge on any atom is -0.372 e. The number of aromatic nitrogens is 1. The highest BCUT2D eigenvalue weighted by Crippen LogP contribution is 2.21. The van der Waals surface area contributed by atoms with Crippen molar-refractivity contribution in [3.05, 3.63) is 10.4 Å². The van der Waals surface area contributed by atoms with Crippen molar-refractivity contribution in [1.82, 2.24) is 4.98 Å². The number of anilines is 1. The van der Waals surface area contributed by atoms with E-state index in [1.54, 1.807) is 11.3 Å². The van der Waals surface area contributed by atoms with Crippen LogP contribution in [0.15, 0.2) is 5.38 Å². The van der Waals surface area contributed by atoms with Crippen LogP contribution in [-0.4, -0.2) is 12.0 Å². The van der Waals surface area contributed by atoms with Crippen LogP contribution < -0.4 is 5.32 Å². The van der Waals surface area contributed by atoms with Gasteiger partial charge < -0.3 is 5.32 Å². The first kappa shape index (κ1) is 10.7. The Kier molecular flexibility index (Phi) is 4.45. The molecule has 1 aromatic heterocycles. The number of halogens is 1. The van der Waals surface area contributed by atoms with E-state index in [-0.39, 0.29) is 12.4 Å². The van der Waals surface area contributed by atoms with E-state index < -0.39 is 0 Å². The second-order valence-electron chi connectivity index (χ2n) is 2.48. The maximum absolute atomic E-state index is 4.34. The van der Waals surface area contributed by atoms with Gasteiger partial charge in [0.25, 0.3) is 0 Å². The lowest BCUT2D eigenvalue weighted by Crippen LogP contribution is -1.89. The van der Waals surface area contributed by atoms with Crippen LogP contribution in [0, 0.1) is 0 Å². The molecular formula is C7H13ClN2S. The van der Waals surface area contributed by atoms with Crippen LogP contribution in [0.25, 0.3) is 0 Å². The molecule has 0 aliphatic rings. The number of hydrogen-bond donors (Lipinski definition) is 1. The fourth-order valence-corrected chi connectivity index (χ4v) is 1.49. The molecule has 2 nitrogen and oxygen atoms in total. The van der Waals surface area contributed by atoms with E-state index in [1.807, 2.05) is 12.4 Å². The quantitative estimate of drug-likeness (QED) is 0.780. The highest BCUT2D eigenvalue weighted by atomic mass is 35.5. The molecule has 1 rings (SSSR count). The number of thiazole rings is 1. The summed E-state index contributed by atoms with van der Waals surface area (Å²) in [6.45, 7) is 4.30. The second-order valence-corrected chi connectivity index (χ2v) is 3.37. The third-order valence-corrected chi connectivity index (χ3v) is 2.42. The normalized spacial score (nSPS) is 9.45. The molecule has 0 saturated carbocycles. The van der Waals surface area contributed by atoms with Gasteiger partial charge in [0.15, 0.2) is 0 Å². The van der Waals surface area contributed by atoms with E-state index in [1.165, 1.54) is 5.01 Å². The predicted molar refractivity (Wildman–Crippen MR) is 53.0 cm³/mol. The Bertz CT molecular complexity index is 210. The van der Waals surface area contributed by atoms with Crippen LogP contribution in [0.3, 0.4) is 0 Å². The van der Waals surface area contributed by atoms with Gasteiger partial charge in [-0.3, -0.25) is 0 Å². The minimum atomic E-state index is 0. The summed E-state index contributed by atoms with van der Waals surface area (Å²) in [6, 6.07) is 0. The molecule has 0 aliphatic heterocycles. The second kappa shape index (κ2) is 4.57. The molecule has 0 unspecified atom stereocenters. The first-order valence-electron chi connectivity index (χ1n) is 3.37. The van der Waals surface area contributed by atoms with E-state index in [2.05, 4.69) is 24.1 Å². The van der Waals surface area contributed by atoms with Crippen molar-refractivity contribution in [1.29, 1.82) is 0 Å². The fraction of sp³-hybridized carbons (Fsp3) is 0.571. The highest BCUT2D eigenvalue weighted by Gasteiger charge is 2.03. The molecule has 11 heavy (non-hydrogen) atoms. The molecular weight excluding hydrogens is 180 g/mol. The van der Waals surface area contributed by atoms with Gasteiger partial charge in [-0.25, -0.2) is 4.98 Å². The summed E-state index contributed by atoms with van der Waals surface area (Å²) in [4.78, 5) is 4.34. The molecule has 0 radical (unpaired) electrons. The largest absolute Gasteiger partial charge is 0.372 e. The van der Waals surface area contributed by atoms with E-state index in [9.17, 15) is 0 Å². The van der Waals surface area contributed by atoms with Gasteiger partial charge in [0, 0.05) is 18.3 Å². The van der Waals surface area contributed by atoms with Crippen molar-refractivity contribution < 1.29 is 0 Å². The minimum absolute atomic E-state index is 0. The molecule has 1 heterocycles. The Balaban J connectivity index is 0.000001000. The van der Waals surface area contributed by atoms with Crippen molar-refractivity contribution in [2.24, 2.45) is 0 Å². The third kappa shape index (κ3) is 2.67. The SMILES string of the molecule is CNc1csc(C(C)C)n1.Cl. The average Bonchev–Trinajstić information content (AvgIpc) is 2.34. The van der Waals surface area contributed by atoms with E-state index in [0.29, 0.717) is 5.92 Å². The molecule has 1 aromatic rings. The zero-order valence-corrected chi connectivity index (χ0v) is 8.55. The predicted octanol–water partition coefficient (Wildman–Crippen LogP) is 2.73. The van der Waals surface area contributed by atoms with E-state index in [0.717, 1.165) is 5.82 Å². The fourth-order valence-electron chi connectivity index (χ4n) is 0.668. The van der Waals surface area contributed by atoms with E-state index >= 15 is 0 Å². The number of rotatable bonds is 2. The third-order valence-electron chi connectivity index (χ3n) is 1.27. The molecule has 0 aromatic carbocycles. The van der Waals surface area contributed by atoms with Gasteiger partial charge in [-0.1, -0.05) is 13.8 Å². The summed E-state index contributed by atoms with van der Waals surface area (Å²) in [5.41, 5.74) is 0. The lowest BCUT2D eigenvalue weighted by atomic mass is 10.2. The summed E-state index contributed by atoms with van der Waals surface area (Å²) in [6.07, 6.45) is 0. The smallest absolute Gasteiger partial charge is 0.137 e. The van der Waals surface area contributed by atoms with Crippen LogP contribution >= 0.6 is 23.7 Å². The van der Waals surface area contributed by atoms with Crippen molar-refractivity contribution in [2.45, 2.75) is 19.8 Å². The Morgan fingerprint density at radius 1 is 1.55 bits per heavy atom. The molecule has 0 spiro atoms.